The minimum Gasteiger partial charge on any atom is -0.466 e. The number of unbranched alkanes of at least 4 members (excludes halogenated alkanes) is 2. The van der Waals surface area contributed by atoms with Gasteiger partial charge in [0.25, 0.3) is 0 Å². The number of hydrogen-bond donors (Lipinski definition) is 4. The van der Waals surface area contributed by atoms with Crippen molar-refractivity contribution in [3.05, 3.63) is 0 Å². The second-order valence-corrected chi connectivity index (χ2v) is 12.0. The minimum absolute atomic E-state index is 0.0154. The maximum Gasteiger partial charge on any atom is 0.306 e. The van der Waals surface area contributed by atoms with Gasteiger partial charge in [-0.25, -0.2) is 0 Å². The number of carbonyl (C=O) groups is 4. The van der Waals surface area contributed by atoms with Crippen molar-refractivity contribution >= 4 is 74.4 Å². The molecule has 0 aliphatic carbocycles. The van der Waals surface area contributed by atoms with Gasteiger partial charge in [0.1, 0.15) is 0 Å². The third-order valence-electron chi connectivity index (χ3n) is 3.98. The highest BCUT2D eigenvalue weighted by Gasteiger charge is 2.09. The van der Waals surface area contributed by atoms with Crippen LogP contribution >= 0.6 is 50.5 Å². The molecule has 0 rings (SSSR count). The Morgan fingerprint density at radius 3 is 0.750 bits per heavy atom. The number of ether oxygens (including phenoxy) is 4. The zero-order valence-electron chi connectivity index (χ0n) is 21.8. The zero-order valence-corrected chi connectivity index (χ0v) is 25.4. The van der Waals surface area contributed by atoms with Gasteiger partial charge in [-0.1, -0.05) is 27.7 Å². The van der Waals surface area contributed by atoms with Crippen molar-refractivity contribution in [2.24, 2.45) is 0 Å². The van der Waals surface area contributed by atoms with E-state index in [0.717, 1.165) is 0 Å². The molecule has 36 heavy (non-hydrogen) atoms. The highest BCUT2D eigenvalue weighted by Crippen LogP contribution is 2.05. The van der Waals surface area contributed by atoms with Crippen LogP contribution in [-0.4, -0.2) is 71.3 Å². The topological polar surface area (TPSA) is 105 Å². The third kappa shape index (κ3) is 31.3. The highest BCUT2D eigenvalue weighted by atomic mass is 32.1. The SMILES string of the molecule is CC(S)CC(=O)OCCCCOC(=O)CC(C)S.CC(S)CC(=O)OCCCCOC(=O)CC(C)S. The fourth-order valence-corrected chi connectivity index (χ4v) is 2.95. The molecule has 0 saturated heterocycles. The Kier molecular flexibility index (Phi) is 25.6. The fourth-order valence-electron chi connectivity index (χ4n) is 2.35. The van der Waals surface area contributed by atoms with Crippen LogP contribution in [0.25, 0.3) is 0 Å². The first-order valence-corrected chi connectivity index (χ1v) is 14.2. The van der Waals surface area contributed by atoms with Crippen LogP contribution in [0, 0.1) is 0 Å². The van der Waals surface area contributed by atoms with Crippen molar-refractivity contribution in [2.75, 3.05) is 26.4 Å². The summed E-state index contributed by atoms with van der Waals surface area (Å²) in [6, 6.07) is 0. The summed E-state index contributed by atoms with van der Waals surface area (Å²) in [5, 5.41) is 0.0618. The monoisotopic (exact) mass is 588 g/mol. The molecule has 12 heteroatoms. The van der Waals surface area contributed by atoms with Crippen molar-refractivity contribution in [1.29, 1.82) is 0 Å². The molecule has 0 bridgehead atoms. The van der Waals surface area contributed by atoms with Gasteiger partial charge in [-0.15, -0.1) is 0 Å². The molecule has 0 spiro atoms. The van der Waals surface area contributed by atoms with Crippen LogP contribution < -0.4 is 0 Å². The summed E-state index contributed by atoms with van der Waals surface area (Å²) < 4.78 is 19.9. The normalized spacial score (nSPS) is 13.8. The Morgan fingerprint density at radius 2 is 0.611 bits per heavy atom. The molecule has 0 aromatic heterocycles. The van der Waals surface area contributed by atoms with Crippen LogP contribution in [0.3, 0.4) is 0 Å². The molecule has 0 radical (unpaired) electrons. The lowest BCUT2D eigenvalue weighted by Gasteiger charge is -2.07. The van der Waals surface area contributed by atoms with Gasteiger partial charge in [-0.2, -0.15) is 50.5 Å². The van der Waals surface area contributed by atoms with Crippen LogP contribution in [0.15, 0.2) is 0 Å². The van der Waals surface area contributed by atoms with Crippen molar-refractivity contribution in [3.8, 4) is 0 Å². The molecule has 0 aromatic carbocycles. The first-order chi connectivity index (χ1) is 16.8. The lowest BCUT2D eigenvalue weighted by molar-refractivity contribution is -0.146. The zero-order chi connectivity index (χ0) is 27.9. The number of rotatable bonds is 18. The fraction of sp³-hybridized carbons (Fsp3) is 0.833. The predicted molar refractivity (Wildman–Crippen MR) is 155 cm³/mol. The van der Waals surface area contributed by atoms with E-state index in [1.165, 1.54) is 0 Å². The maximum atomic E-state index is 11.2. The molecule has 0 N–H and O–H groups in total. The minimum atomic E-state index is -0.238. The first kappa shape index (κ1) is 37.4. The van der Waals surface area contributed by atoms with Crippen LogP contribution in [0.5, 0.6) is 0 Å². The van der Waals surface area contributed by atoms with Crippen molar-refractivity contribution in [3.63, 3.8) is 0 Å². The van der Waals surface area contributed by atoms with E-state index in [2.05, 4.69) is 50.5 Å². The molecule has 8 nitrogen and oxygen atoms in total. The maximum absolute atomic E-state index is 11.2. The van der Waals surface area contributed by atoms with Gasteiger partial charge < -0.3 is 18.9 Å². The second-order valence-electron chi connectivity index (χ2n) is 8.51. The Hall–Kier alpha value is -0.720. The van der Waals surface area contributed by atoms with E-state index >= 15 is 0 Å². The average molecular weight is 589 g/mol. The first-order valence-electron chi connectivity index (χ1n) is 12.2. The highest BCUT2D eigenvalue weighted by molar-refractivity contribution is 7.81. The molecule has 0 heterocycles. The number of hydrogen-bond acceptors (Lipinski definition) is 12. The third-order valence-corrected chi connectivity index (χ3v) is 4.71. The van der Waals surface area contributed by atoms with Gasteiger partial charge in [0.2, 0.25) is 0 Å². The van der Waals surface area contributed by atoms with Gasteiger partial charge in [0.15, 0.2) is 0 Å². The standard InChI is InChI=1S/2C12H22O4S2/c2*1-9(17)7-11(13)15-5-3-4-6-16-12(14)8-10(2)18/h2*9-10,17-18H,3-8H2,1-2H3. The summed E-state index contributed by atoms with van der Waals surface area (Å²) in [7, 11) is 0. The number of esters is 4. The van der Waals surface area contributed by atoms with Gasteiger partial charge in [-0.05, 0) is 25.7 Å². The Bertz CT molecular complexity index is 509. The Morgan fingerprint density at radius 1 is 0.444 bits per heavy atom. The van der Waals surface area contributed by atoms with E-state index in [-0.39, 0.29) is 44.9 Å². The van der Waals surface area contributed by atoms with Crippen LogP contribution in [0.4, 0.5) is 0 Å². The van der Waals surface area contributed by atoms with Gasteiger partial charge in [-0.3, -0.25) is 19.2 Å². The number of carbonyl (C=O) groups excluding carboxylic acids is 4. The molecular formula is C24H44O8S4. The van der Waals surface area contributed by atoms with Crippen molar-refractivity contribution in [2.45, 2.75) is 100 Å². The molecule has 0 aromatic rings. The summed E-state index contributed by atoms with van der Waals surface area (Å²) in [5.41, 5.74) is 0. The average Bonchev–Trinajstić information content (AvgIpc) is 2.71. The van der Waals surface area contributed by atoms with E-state index in [1.54, 1.807) is 0 Å². The summed E-state index contributed by atoms with van der Waals surface area (Å²) in [5.74, 6) is -0.950. The molecular weight excluding hydrogens is 545 g/mol. The van der Waals surface area contributed by atoms with Crippen molar-refractivity contribution in [1.82, 2.24) is 0 Å². The molecule has 0 aliphatic heterocycles. The lowest BCUT2D eigenvalue weighted by atomic mass is 10.3. The lowest BCUT2D eigenvalue weighted by Crippen LogP contribution is -2.12. The number of thiol groups is 4. The molecule has 0 aliphatic rings. The molecule has 4 atom stereocenters. The van der Waals surface area contributed by atoms with E-state index in [0.29, 0.717) is 77.8 Å². The van der Waals surface area contributed by atoms with Crippen LogP contribution in [0.2, 0.25) is 0 Å². The predicted octanol–water partition coefficient (Wildman–Crippen LogP) is 4.54. The van der Waals surface area contributed by atoms with Gasteiger partial charge >= 0.3 is 23.9 Å². The van der Waals surface area contributed by atoms with Gasteiger partial charge in [0, 0.05) is 21.0 Å². The summed E-state index contributed by atoms with van der Waals surface area (Å²) in [4.78, 5) is 44.6. The second kappa shape index (κ2) is 24.6. The molecule has 212 valence electrons. The molecule has 0 saturated carbocycles. The van der Waals surface area contributed by atoms with E-state index in [4.69, 9.17) is 18.9 Å². The van der Waals surface area contributed by atoms with E-state index in [9.17, 15) is 19.2 Å². The van der Waals surface area contributed by atoms with E-state index < -0.39 is 0 Å². The summed E-state index contributed by atoms with van der Waals surface area (Å²) in [6.07, 6.45) is 4.03. The van der Waals surface area contributed by atoms with E-state index in [1.807, 2.05) is 27.7 Å². The summed E-state index contributed by atoms with van der Waals surface area (Å²) >= 11 is 16.4. The smallest absolute Gasteiger partial charge is 0.306 e. The van der Waals surface area contributed by atoms with Gasteiger partial charge in [0.05, 0.1) is 52.1 Å². The van der Waals surface area contributed by atoms with Crippen LogP contribution in [0.1, 0.15) is 79.1 Å². The molecule has 0 fully saturated rings. The molecule has 0 amide bonds. The van der Waals surface area contributed by atoms with Crippen LogP contribution in [-0.2, 0) is 38.1 Å². The molecule has 4 unspecified atom stereocenters. The largest absolute Gasteiger partial charge is 0.466 e. The summed E-state index contributed by atoms with van der Waals surface area (Å²) in [6.45, 7) is 8.80. The Balaban J connectivity index is 0. The quantitative estimate of drug-likeness (QED) is 0.0801. The Labute approximate surface area is 238 Å². The van der Waals surface area contributed by atoms with Crippen molar-refractivity contribution < 1.29 is 38.1 Å².